The Balaban J connectivity index is 1.59. The topological polar surface area (TPSA) is 26.3 Å². The van der Waals surface area contributed by atoms with Crippen molar-refractivity contribution in [3.05, 3.63) is 24.3 Å². The molecule has 2 nitrogen and oxygen atoms in total. The van der Waals surface area contributed by atoms with Crippen LogP contribution in [0.1, 0.15) is 64.2 Å². The number of rotatable bonds is 5. The van der Waals surface area contributed by atoms with Crippen molar-refractivity contribution in [1.82, 2.24) is 0 Å². The van der Waals surface area contributed by atoms with Crippen LogP contribution in [0, 0.1) is 11.8 Å². The monoisotopic (exact) mass is 276 g/mol. The molecule has 2 saturated carbocycles. The highest BCUT2D eigenvalue weighted by Gasteiger charge is 2.11. The van der Waals surface area contributed by atoms with Crippen molar-refractivity contribution in [3.8, 4) is 0 Å². The summed E-state index contributed by atoms with van der Waals surface area (Å²) < 4.78 is 5.21. The molecule has 0 aromatic carbocycles. The van der Waals surface area contributed by atoms with Gasteiger partial charge in [-0.25, -0.2) is 4.79 Å². The minimum Gasteiger partial charge on any atom is -0.458 e. The van der Waals surface area contributed by atoms with Crippen molar-refractivity contribution in [1.29, 1.82) is 0 Å². The maximum atomic E-state index is 11.6. The molecule has 2 fully saturated rings. The molecule has 2 aliphatic rings. The van der Waals surface area contributed by atoms with Crippen LogP contribution in [0.15, 0.2) is 24.3 Å². The summed E-state index contributed by atoms with van der Waals surface area (Å²) in [6.07, 6.45) is 21.0. The van der Waals surface area contributed by atoms with Crippen LogP contribution in [0.2, 0.25) is 0 Å². The summed E-state index contributed by atoms with van der Waals surface area (Å²) in [7, 11) is 0. The number of hydrogen-bond donors (Lipinski definition) is 0. The smallest absolute Gasteiger partial charge is 0.330 e. The molecular weight excluding hydrogens is 248 g/mol. The van der Waals surface area contributed by atoms with E-state index in [0.717, 1.165) is 0 Å². The Morgan fingerprint density at radius 2 is 1.40 bits per heavy atom. The minimum atomic E-state index is -0.191. The van der Waals surface area contributed by atoms with E-state index in [1.807, 2.05) is 12.2 Å². The Hall–Kier alpha value is -1.05. The third-order valence-electron chi connectivity index (χ3n) is 4.53. The predicted molar refractivity (Wildman–Crippen MR) is 82.4 cm³/mol. The number of carbonyl (C=O) groups is 1. The standard InChI is InChI=1S/C18H28O2/c19-18(14-13-17-10-5-2-6-11-17)20-15-7-12-16-8-3-1-4-9-16/h7,12-14,16-17H,1-6,8-11,15H2/b12-7+,14-13+. The second kappa shape index (κ2) is 8.99. The molecular formula is C18H28O2. The van der Waals surface area contributed by atoms with Crippen molar-refractivity contribution in [2.45, 2.75) is 64.2 Å². The zero-order chi connectivity index (χ0) is 14.0. The summed E-state index contributed by atoms with van der Waals surface area (Å²) in [6.45, 7) is 0.421. The Labute approximate surface area is 123 Å². The molecule has 2 aliphatic carbocycles. The van der Waals surface area contributed by atoms with Gasteiger partial charge in [0.05, 0.1) is 0 Å². The molecule has 0 heterocycles. The number of hydrogen-bond acceptors (Lipinski definition) is 2. The van der Waals surface area contributed by atoms with Crippen LogP contribution in [0.4, 0.5) is 0 Å². The molecule has 0 radical (unpaired) electrons. The molecule has 20 heavy (non-hydrogen) atoms. The van der Waals surface area contributed by atoms with Gasteiger partial charge in [0.25, 0.3) is 0 Å². The van der Waals surface area contributed by atoms with Crippen LogP contribution < -0.4 is 0 Å². The molecule has 0 saturated heterocycles. The summed E-state index contributed by atoms with van der Waals surface area (Å²) in [5, 5.41) is 0. The number of allylic oxidation sites excluding steroid dienone is 2. The van der Waals surface area contributed by atoms with Crippen molar-refractivity contribution >= 4 is 5.97 Å². The van der Waals surface area contributed by atoms with E-state index in [1.165, 1.54) is 64.2 Å². The first kappa shape index (κ1) is 15.3. The van der Waals surface area contributed by atoms with Crippen LogP contribution in [-0.4, -0.2) is 12.6 Å². The van der Waals surface area contributed by atoms with Gasteiger partial charge < -0.3 is 4.74 Å². The number of carbonyl (C=O) groups excluding carboxylic acids is 1. The zero-order valence-corrected chi connectivity index (χ0v) is 12.6. The second-order valence-electron chi connectivity index (χ2n) is 6.21. The molecule has 0 bridgehead atoms. The number of ether oxygens (including phenoxy) is 1. The fourth-order valence-corrected chi connectivity index (χ4v) is 3.29. The Bertz CT molecular complexity index is 331. The van der Waals surface area contributed by atoms with Crippen LogP contribution in [0.25, 0.3) is 0 Å². The lowest BCUT2D eigenvalue weighted by Crippen LogP contribution is -2.06. The van der Waals surface area contributed by atoms with Crippen LogP contribution in [0.5, 0.6) is 0 Å². The van der Waals surface area contributed by atoms with Crippen LogP contribution in [0.3, 0.4) is 0 Å². The third-order valence-corrected chi connectivity index (χ3v) is 4.53. The molecule has 0 aromatic heterocycles. The van der Waals surface area contributed by atoms with Gasteiger partial charge in [0, 0.05) is 6.08 Å². The fraction of sp³-hybridized carbons (Fsp3) is 0.722. The van der Waals surface area contributed by atoms with Gasteiger partial charge in [-0.3, -0.25) is 0 Å². The van der Waals surface area contributed by atoms with E-state index in [2.05, 4.69) is 6.08 Å². The predicted octanol–water partition coefficient (Wildman–Crippen LogP) is 4.80. The van der Waals surface area contributed by atoms with E-state index in [9.17, 15) is 4.79 Å². The van der Waals surface area contributed by atoms with E-state index in [-0.39, 0.29) is 5.97 Å². The van der Waals surface area contributed by atoms with Gasteiger partial charge >= 0.3 is 5.97 Å². The molecule has 112 valence electrons. The van der Waals surface area contributed by atoms with Crippen molar-refractivity contribution in [2.24, 2.45) is 11.8 Å². The first-order chi connectivity index (χ1) is 9.84. The Morgan fingerprint density at radius 1 is 0.850 bits per heavy atom. The lowest BCUT2D eigenvalue weighted by Gasteiger charge is -2.17. The van der Waals surface area contributed by atoms with E-state index < -0.39 is 0 Å². The quantitative estimate of drug-likeness (QED) is 0.409. The maximum Gasteiger partial charge on any atom is 0.330 e. The highest BCUT2D eigenvalue weighted by atomic mass is 16.5. The maximum absolute atomic E-state index is 11.6. The van der Waals surface area contributed by atoms with Gasteiger partial charge in [0.15, 0.2) is 0 Å². The van der Waals surface area contributed by atoms with E-state index in [1.54, 1.807) is 6.08 Å². The molecule has 0 unspecified atom stereocenters. The molecule has 0 aliphatic heterocycles. The minimum absolute atomic E-state index is 0.191. The second-order valence-corrected chi connectivity index (χ2v) is 6.21. The van der Waals surface area contributed by atoms with E-state index in [0.29, 0.717) is 18.4 Å². The molecule has 2 rings (SSSR count). The summed E-state index contributed by atoms with van der Waals surface area (Å²) in [6, 6.07) is 0. The molecule has 0 N–H and O–H groups in total. The van der Waals surface area contributed by atoms with Gasteiger partial charge in [-0.15, -0.1) is 0 Å². The van der Waals surface area contributed by atoms with Gasteiger partial charge in [-0.2, -0.15) is 0 Å². The molecule has 0 aromatic rings. The van der Waals surface area contributed by atoms with Crippen LogP contribution in [-0.2, 0) is 9.53 Å². The SMILES string of the molecule is O=C(/C=C/C1CCCCC1)OC/C=C/C1CCCCC1. The molecule has 0 atom stereocenters. The highest BCUT2D eigenvalue weighted by molar-refractivity contribution is 5.81. The lowest BCUT2D eigenvalue weighted by atomic mass is 9.89. The van der Waals surface area contributed by atoms with Crippen molar-refractivity contribution < 1.29 is 9.53 Å². The normalized spacial score (nSPS) is 22.6. The highest BCUT2D eigenvalue weighted by Crippen LogP contribution is 2.25. The summed E-state index contributed by atoms with van der Waals surface area (Å²) >= 11 is 0. The van der Waals surface area contributed by atoms with Gasteiger partial charge in [0.1, 0.15) is 6.61 Å². The first-order valence-corrected chi connectivity index (χ1v) is 8.36. The summed E-state index contributed by atoms with van der Waals surface area (Å²) in [5.74, 6) is 1.11. The first-order valence-electron chi connectivity index (χ1n) is 8.36. The molecule has 0 amide bonds. The van der Waals surface area contributed by atoms with Gasteiger partial charge in [0.2, 0.25) is 0 Å². The average molecular weight is 276 g/mol. The third kappa shape index (κ3) is 5.94. The molecule has 2 heteroatoms. The van der Waals surface area contributed by atoms with E-state index >= 15 is 0 Å². The van der Waals surface area contributed by atoms with E-state index in [4.69, 9.17) is 4.74 Å². The largest absolute Gasteiger partial charge is 0.458 e. The van der Waals surface area contributed by atoms with Gasteiger partial charge in [-0.1, -0.05) is 56.8 Å². The number of esters is 1. The Morgan fingerprint density at radius 3 is 2.00 bits per heavy atom. The fourth-order valence-electron chi connectivity index (χ4n) is 3.29. The van der Waals surface area contributed by atoms with Crippen LogP contribution >= 0.6 is 0 Å². The van der Waals surface area contributed by atoms with Gasteiger partial charge in [-0.05, 0) is 37.5 Å². The zero-order valence-electron chi connectivity index (χ0n) is 12.6. The summed E-state index contributed by atoms with van der Waals surface area (Å²) in [5.41, 5.74) is 0. The lowest BCUT2D eigenvalue weighted by molar-refractivity contribution is -0.136. The average Bonchev–Trinajstić information content (AvgIpc) is 2.52. The van der Waals surface area contributed by atoms with Crippen molar-refractivity contribution in [2.75, 3.05) is 6.61 Å². The summed E-state index contributed by atoms with van der Waals surface area (Å²) in [4.78, 5) is 11.6. The molecule has 0 spiro atoms. The Kier molecular flexibility index (Phi) is 6.90. The van der Waals surface area contributed by atoms with Crippen molar-refractivity contribution in [3.63, 3.8) is 0 Å².